The van der Waals surface area contributed by atoms with Crippen LogP contribution in [0.2, 0.25) is 0 Å². The molecule has 0 rings (SSSR count). The van der Waals surface area contributed by atoms with Gasteiger partial charge >= 0.3 is 0 Å². The number of hydrogen-bond acceptors (Lipinski definition) is 5. The van der Waals surface area contributed by atoms with Crippen molar-refractivity contribution in [1.82, 2.24) is 10.6 Å². The number of carbonyl (C=O) groups excluding carboxylic acids is 2. The predicted octanol–water partition coefficient (Wildman–Crippen LogP) is -1.70. The van der Waals surface area contributed by atoms with E-state index in [0.717, 1.165) is 12.8 Å². The van der Waals surface area contributed by atoms with Gasteiger partial charge in [-0.3, -0.25) is 15.0 Å². The van der Waals surface area contributed by atoms with Crippen molar-refractivity contribution >= 4 is 18.2 Å². The van der Waals surface area contributed by atoms with E-state index in [1.165, 1.54) is 0 Å². The van der Waals surface area contributed by atoms with Gasteiger partial charge in [0.05, 0.1) is 12.1 Å². The molecule has 1 amide bonds. The smallest absolute Gasteiger partial charge is 0.237 e. The molecule has 0 saturated carbocycles. The fraction of sp³-hybridized carbons (Fsp3) is 0.750. The molecule has 2 atom stereocenters. The molecule has 115 valence electrons. The van der Waals surface area contributed by atoms with Gasteiger partial charge in [-0.2, -0.15) is 0 Å². The topological polar surface area (TPSA) is 160 Å². The molecule has 0 aromatic rings. The quantitative estimate of drug-likeness (QED) is 0.151. The van der Waals surface area contributed by atoms with Gasteiger partial charge in [0.25, 0.3) is 0 Å². The van der Waals surface area contributed by atoms with Crippen molar-refractivity contribution in [2.24, 2.45) is 17.2 Å². The van der Waals surface area contributed by atoms with Gasteiger partial charge in [-0.25, -0.2) is 0 Å². The van der Waals surface area contributed by atoms with Gasteiger partial charge in [0.2, 0.25) is 12.2 Å². The van der Waals surface area contributed by atoms with Crippen LogP contribution in [0.1, 0.15) is 32.1 Å². The SMILES string of the molecule is N=C(N)NCCCC(N)C(=O)NC([C]=O)CCCCN. The van der Waals surface area contributed by atoms with Crippen LogP contribution in [-0.2, 0) is 9.59 Å². The summed E-state index contributed by atoms with van der Waals surface area (Å²) in [5.41, 5.74) is 16.2. The van der Waals surface area contributed by atoms with E-state index < -0.39 is 12.1 Å². The normalized spacial score (nSPS) is 13.3. The molecular weight excluding hydrogens is 260 g/mol. The molecule has 9 N–H and O–H groups in total. The lowest BCUT2D eigenvalue weighted by Gasteiger charge is -2.16. The first-order valence-corrected chi connectivity index (χ1v) is 6.72. The number of carbonyl (C=O) groups is 1. The van der Waals surface area contributed by atoms with Gasteiger partial charge in [-0.1, -0.05) is 0 Å². The van der Waals surface area contributed by atoms with Crippen LogP contribution in [0.3, 0.4) is 0 Å². The van der Waals surface area contributed by atoms with E-state index in [1.54, 1.807) is 6.29 Å². The minimum atomic E-state index is -0.686. The molecule has 0 aliphatic heterocycles. The fourth-order valence-electron chi connectivity index (χ4n) is 1.61. The Balaban J connectivity index is 3.90. The largest absolute Gasteiger partial charge is 0.370 e. The third kappa shape index (κ3) is 9.29. The molecule has 0 aliphatic rings. The zero-order chi connectivity index (χ0) is 15.4. The third-order valence-electron chi connectivity index (χ3n) is 2.75. The van der Waals surface area contributed by atoms with Crippen molar-refractivity contribution in [3.8, 4) is 0 Å². The minimum absolute atomic E-state index is 0.112. The summed E-state index contributed by atoms with van der Waals surface area (Å²) in [5.74, 6) is -0.479. The maximum atomic E-state index is 11.7. The predicted molar refractivity (Wildman–Crippen MR) is 77.7 cm³/mol. The van der Waals surface area contributed by atoms with E-state index in [2.05, 4.69) is 10.6 Å². The maximum absolute atomic E-state index is 11.7. The Morgan fingerprint density at radius 2 is 1.95 bits per heavy atom. The van der Waals surface area contributed by atoms with Crippen molar-refractivity contribution in [1.29, 1.82) is 5.41 Å². The van der Waals surface area contributed by atoms with E-state index in [-0.39, 0.29) is 11.9 Å². The van der Waals surface area contributed by atoms with Gasteiger partial charge < -0.3 is 27.8 Å². The van der Waals surface area contributed by atoms with Crippen molar-refractivity contribution in [2.45, 2.75) is 44.2 Å². The van der Waals surface area contributed by atoms with Crippen LogP contribution in [0.4, 0.5) is 0 Å². The average Bonchev–Trinajstić information content (AvgIpc) is 2.41. The van der Waals surface area contributed by atoms with E-state index in [0.29, 0.717) is 32.4 Å². The second-order valence-electron chi connectivity index (χ2n) is 4.55. The minimum Gasteiger partial charge on any atom is -0.370 e. The van der Waals surface area contributed by atoms with E-state index in [4.69, 9.17) is 22.6 Å². The Morgan fingerprint density at radius 1 is 1.25 bits per heavy atom. The van der Waals surface area contributed by atoms with E-state index in [9.17, 15) is 9.59 Å². The van der Waals surface area contributed by atoms with E-state index in [1.807, 2.05) is 0 Å². The molecule has 0 bridgehead atoms. The second-order valence-corrected chi connectivity index (χ2v) is 4.55. The van der Waals surface area contributed by atoms with Crippen LogP contribution in [0.5, 0.6) is 0 Å². The number of amides is 1. The van der Waals surface area contributed by atoms with Crippen molar-refractivity contribution in [3.63, 3.8) is 0 Å². The summed E-state index contributed by atoms with van der Waals surface area (Å²) in [6, 6.07) is -1.32. The molecule has 0 aliphatic carbocycles. The summed E-state index contributed by atoms with van der Waals surface area (Å²) in [6.07, 6.45) is 4.93. The molecule has 0 aromatic carbocycles. The molecule has 8 heteroatoms. The Morgan fingerprint density at radius 3 is 2.50 bits per heavy atom. The second kappa shape index (κ2) is 11.2. The van der Waals surface area contributed by atoms with Gasteiger partial charge in [0, 0.05) is 6.54 Å². The number of unbranched alkanes of at least 4 members (excludes halogenated alkanes) is 1. The molecule has 1 radical (unpaired) electrons. The summed E-state index contributed by atoms with van der Waals surface area (Å²) >= 11 is 0. The zero-order valence-electron chi connectivity index (χ0n) is 11.7. The van der Waals surface area contributed by atoms with Crippen LogP contribution >= 0.6 is 0 Å². The van der Waals surface area contributed by atoms with Gasteiger partial charge in [0.15, 0.2) is 5.96 Å². The molecule has 2 unspecified atom stereocenters. The highest BCUT2D eigenvalue weighted by molar-refractivity contribution is 5.84. The number of rotatable bonds is 11. The van der Waals surface area contributed by atoms with Crippen molar-refractivity contribution < 1.29 is 9.59 Å². The highest BCUT2D eigenvalue weighted by Gasteiger charge is 2.17. The first-order valence-electron chi connectivity index (χ1n) is 6.72. The first-order chi connectivity index (χ1) is 9.51. The lowest BCUT2D eigenvalue weighted by molar-refractivity contribution is -0.122. The molecule has 0 fully saturated rings. The lowest BCUT2D eigenvalue weighted by Crippen LogP contribution is -2.46. The number of nitrogens with two attached hydrogens (primary N) is 3. The van der Waals surface area contributed by atoms with Crippen LogP contribution < -0.4 is 27.8 Å². The van der Waals surface area contributed by atoms with E-state index >= 15 is 0 Å². The van der Waals surface area contributed by atoms with Gasteiger partial charge in [-0.15, -0.1) is 0 Å². The Labute approximate surface area is 119 Å². The first kappa shape index (κ1) is 18.3. The monoisotopic (exact) mass is 285 g/mol. The highest BCUT2D eigenvalue weighted by atomic mass is 16.2. The molecule has 0 spiro atoms. The molecule has 20 heavy (non-hydrogen) atoms. The van der Waals surface area contributed by atoms with Crippen LogP contribution in [0.25, 0.3) is 0 Å². The number of nitrogens with one attached hydrogen (secondary N) is 3. The Bertz CT molecular complexity index is 310. The van der Waals surface area contributed by atoms with Gasteiger partial charge in [0.1, 0.15) is 0 Å². The van der Waals surface area contributed by atoms with Gasteiger partial charge in [-0.05, 0) is 38.6 Å². The molecule has 8 nitrogen and oxygen atoms in total. The average molecular weight is 285 g/mol. The summed E-state index contributed by atoms with van der Waals surface area (Å²) in [4.78, 5) is 22.5. The molecule has 0 heterocycles. The fourth-order valence-corrected chi connectivity index (χ4v) is 1.61. The van der Waals surface area contributed by atoms with Crippen LogP contribution in [-0.4, -0.2) is 43.3 Å². The maximum Gasteiger partial charge on any atom is 0.237 e. The lowest BCUT2D eigenvalue weighted by atomic mass is 10.1. The summed E-state index contributed by atoms with van der Waals surface area (Å²) in [7, 11) is 0. The zero-order valence-corrected chi connectivity index (χ0v) is 11.7. The number of hydrogen-bond donors (Lipinski definition) is 6. The summed E-state index contributed by atoms with van der Waals surface area (Å²) in [6.45, 7) is 1.04. The van der Waals surface area contributed by atoms with Crippen LogP contribution in [0, 0.1) is 5.41 Å². The summed E-state index contributed by atoms with van der Waals surface area (Å²) in [5, 5.41) is 12.2. The Kier molecular flexibility index (Phi) is 10.2. The molecular formula is C12H25N6O2. The summed E-state index contributed by atoms with van der Waals surface area (Å²) < 4.78 is 0. The standard InChI is InChI=1S/C12H25N6O2/c13-6-2-1-4-9(8-19)18-11(20)10(14)5-3-7-17-12(15)16/h9-10H,1-7,13-14H2,(H,18,20)(H4,15,16,17). The van der Waals surface area contributed by atoms with Crippen molar-refractivity contribution in [3.05, 3.63) is 0 Å². The Hall–Kier alpha value is -1.67. The number of guanidine groups is 1. The highest BCUT2D eigenvalue weighted by Crippen LogP contribution is 2.00. The van der Waals surface area contributed by atoms with Crippen LogP contribution in [0.15, 0.2) is 0 Å². The van der Waals surface area contributed by atoms with Crippen molar-refractivity contribution in [2.75, 3.05) is 13.1 Å². The third-order valence-corrected chi connectivity index (χ3v) is 2.75. The molecule has 0 saturated heterocycles. The molecule has 0 aromatic heterocycles.